The summed E-state index contributed by atoms with van der Waals surface area (Å²) in [5.41, 5.74) is -0.272. The predicted molar refractivity (Wildman–Crippen MR) is 111 cm³/mol. The van der Waals surface area contributed by atoms with Crippen molar-refractivity contribution in [2.75, 3.05) is 26.1 Å². The maximum Gasteiger partial charge on any atom is 0.392 e. The number of aromatic nitrogens is 2. The Morgan fingerprint density at radius 2 is 1.70 bits per heavy atom. The van der Waals surface area contributed by atoms with Crippen LogP contribution in [0.1, 0.15) is 29.8 Å². The van der Waals surface area contributed by atoms with E-state index in [1.165, 1.54) is 18.2 Å². The quantitative estimate of drug-likeness (QED) is 0.208. The summed E-state index contributed by atoms with van der Waals surface area (Å²) in [6.45, 7) is 4.20. The number of nitro groups is 1. The van der Waals surface area contributed by atoms with E-state index in [4.69, 9.17) is 14.2 Å². The number of benzene rings is 1. The van der Waals surface area contributed by atoms with Gasteiger partial charge in [-0.1, -0.05) is 0 Å². The number of hydrogen-bond acceptors (Lipinski definition) is 12. The van der Waals surface area contributed by atoms with E-state index in [1.807, 2.05) is 0 Å². The molecule has 0 radical (unpaired) electrons. The largest absolute Gasteiger partial charge is 0.463 e. The van der Waals surface area contributed by atoms with Crippen molar-refractivity contribution in [1.82, 2.24) is 9.97 Å². The van der Waals surface area contributed by atoms with Crippen LogP contribution in [0.3, 0.4) is 0 Å². The van der Waals surface area contributed by atoms with Crippen LogP contribution in [0.4, 0.5) is 5.69 Å². The first-order chi connectivity index (χ1) is 15.5. The van der Waals surface area contributed by atoms with Gasteiger partial charge in [0, 0.05) is 6.26 Å². The molecule has 178 valence electrons. The third-order valence-electron chi connectivity index (χ3n) is 3.72. The molecular weight excluding hydrogens is 462 g/mol. The molecule has 1 aromatic carbocycles. The molecule has 0 aliphatic carbocycles. The van der Waals surface area contributed by atoms with Gasteiger partial charge in [-0.05, 0) is 44.5 Å². The Kier molecular flexibility index (Phi) is 8.23. The number of ether oxygens (including phenoxy) is 4. The number of rotatable bonds is 10. The van der Waals surface area contributed by atoms with E-state index >= 15 is 0 Å². The highest BCUT2D eigenvalue weighted by Crippen LogP contribution is 2.37. The van der Waals surface area contributed by atoms with Crippen LogP contribution in [-0.2, 0) is 24.1 Å². The molecule has 0 N–H and O–H groups in total. The highest BCUT2D eigenvalue weighted by Gasteiger charge is 2.32. The molecule has 1 aromatic heterocycles. The second-order valence-corrected chi connectivity index (χ2v) is 8.35. The molecule has 13 nitrogen and oxygen atoms in total. The van der Waals surface area contributed by atoms with Crippen molar-refractivity contribution in [3.8, 4) is 17.5 Å². The van der Waals surface area contributed by atoms with Crippen LogP contribution in [0.15, 0.2) is 23.4 Å². The number of carbonyl (C=O) groups excluding carboxylic acids is 2. The van der Waals surface area contributed by atoms with Gasteiger partial charge in [0.25, 0.3) is 5.16 Å². The van der Waals surface area contributed by atoms with Crippen LogP contribution >= 0.6 is 0 Å². The Labute approximate surface area is 188 Å². The lowest BCUT2D eigenvalue weighted by atomic mass is 10.1. The Morgan fingerprint density at radius 1 is 1.06 bits per heavy atom. The fourth-order valence-electron chi connectivity index (χ4n) is 2.47. The van der Waals surface area contributed by atoms with Gasteiger partial charge < -0.3 is 18.9 Å². The fourth-order valence-corrected chi connectivity index (χ4v) is 2.97. The first-order valence-corrected chi connectivity index (χ1v) is 11.4. The van der Waals surface area contributed by atoms with Gasteiger partial charge in [-0.2, -0.15) is 9.97 Å². The molecule has 0 bridgehead atoms. The highest BCUT2D eigenvalue weighted by molar-refractivity contribution is 7.90. The molecule has 0 fully saturated rings. The zero-order chi connectivity index (χ0) is 24.8. The summed E-state index contributed by atoms with van der Waals surface area (Å²) in [6, 6.07) is 4.19. The molecular formula is C19H21N3O10S. The van der Waals surface area contributed by atoms with Crippen LogP contribution < -0.4 is 9.47 Å². The number of sulfone groups is 1. The van der Waals surface area contributed by atoms with E-state index in [1.54, 1.807) is 20.8 Å². The van der Waals surface area contributed by atoms with Crippen molar-refractivity contribution in [3.63, 3.8) is 0 Å². The average molecular weight is 483 g/mol. The molecule has 0 atom stereocenters. The smallest absolute Gasteiger partial charge is 0.392 e. The Bertz CT molecular complexity index is 1180. The molecule has 1 heterocycles. The lowest BCUT2D eigenvalue weighted by Gasteiger charge is -2.12. The summed E-state index contributed by atoms with van der Waals surface area (Å²) in [4.78, 5) is 41.6. The van der Waals surface area contributed by atoms with E-state index in [0.29, 0.717) is 5.56 Å². The molecule has 0 saturated heterocycles. The van der Waals surface area contributed by atoms with Crippen molar-refractivity contribution in [3.05, 3.63) is 39.4 Å². The first-order valence-electron chi connectivity index (χ1n) is 9.47. The molecule has 2 rings (SSSR count). The molecule has 0 spiro atoms. The van der Waals surface area contributed by atoms with Crippen LogP contribution in [0.2, 0.25) is 0 Å². The molecule has 0 aliphatic heterocycles. The second kappa shape index (κ2) is 10.7. The minimum Gasteiger partial charge on any atom is -0.463 e. The standard InChI is InChI=1S/C19H21N3O10S/c1-5-29-14(23)10-31-16-15(22(25)26)17(21-19(20-16)33(4,27)28)32-13-8-11(3)7-12(9-13)18(24)30-6-2/h7-9H,5-6,10H2,1-4H3. The summed E-state index contributed by atoms with van der Waals surface area (Å²) in [5.74, 6) is -3.15. The number of carbonyl (C=O) groups is 2. The lowest BCUT2D eigenvalue weighted by molar-refractivity contribution is -0.387. The predicted octanol–water partition coefficient (Wildman–Crippen LogP) is 2.01. The Balaban J connectivity index is 2.59. The summed E-state index contributed by atoms with van der Waals surface area (Å²) >= 11 is 0. The maximum atomic E-state index is 12.1. The van der Waals surface area contributed by atoms with E-state index in [2.05, 4.69) is 14.7 Å². The van der Waals surface area contributed by atoms with Gasteiger partial charge in [-0.25, -0.2) is 18.0 Å². The lowest BCUT2D eigenvalue weighted by Crippen LogP contribution is -2.17. The minimum atomic E-state index is -4.06. The maximum absolute atomic E-state index is 12.1. The SMILES string of the molecule is CCOC(=O)COc1nc(S(C)(=O)=O)nc(Oc2cc(C)cc(C(=O)OCC)c2)c1[N+](=O)[O-]. The Hall–Kier alpha value is -3.81. The van der Waals surface area contributed by atoms with Crippen molar-refractivity contribution in [2.45, 2.75) is 25.9 Å². The molecule has 2 aromatic rings. The van der Waals surface area contributed by atoms with Crippen LogP contribution in [0.25, 0.3) is 0 Å². The van der Waals surface area contributed by atoms with E-state index in [-0.39, 0.29) is 24.5 Å². The van der Waals surface area contributed by atoms with E-state index in [9.17, 15) is 28.1 Å². The summed E-state index contributed by atoms with van der Waals surface area (Å²) < 4.78 is 44.2. The van der Waals surface area contributed by atoms with Gasteiger partial charge in [-0.15, -0.1) is 0 Å². The summed E-state index contributed by atoms with van der Waals surface area (Å²) in [5, 5.41) is 10.9. The van der Waals surface area contributed by atoms with E-state index < -0.39 is 55.9 Å². The van der Waals surface area contributed by atoms with Crippen molar-refractivity contribution < 1.29 is 41.9 Å². The third-order valence-corrected chi connectivity index (χ3v) is 4.57. The number of esters is 2. The summed E-state index contributed by atoms with van der Waals surface area (Å²) in [7, 11) is -4.06. The summed E-state index contributed by atoms with van der Waals surface area (Å²) in [6.07, 6.45) is 0.776. The fraction of sp³-hybridized carbons (Fsp3) is 0.368. The number of nitrogens with zero attached hydrogens (tertiary/aromatic N) is 3. The molecule has 0 unspecified atom stereocenters. The van der Waals surface area contributed by atoms with Crippen LogP contribution in [0, 0.1) is 17.0 Å². The van der Waals surface area contributed by atoms with Gasteiger partial charge >= 0.3 is 29.4 Å². The molecule has 0 amide bonds. The normalized spacial score (nSPS) is 10.9. The topological polar surface area (TPSA) is 174 Å². The van der Waals surface area contributed by atoms with Gasteiger partial charge in [0.1, 0.15) is 5.75 Å². The highest BCUT2D eigenvalue weighted by atomic mass is 32.2. The van der Waals surface area contributed by atoms with E-state index in [0.717, 1.165) is 6.26 Å². The van der Waals surface area contributed by atoms with Gasteiger partial charge in [0.2, 0.25) is 9.84 Å². The number of hydrogen-bond donors (Lipinski definition) is 0. The van der Waals surface area contributed by atoms with Gasteiger partial charge in [-0.3, -0.25) is 10.1 Å². The van der Waals surface area contributed by atoms with Crippen molar-refractivity contribution in [2.24, 2.45) is 0 Å². The molecule has 0 aliphatic rings. The van der Waals surface area contributed by atoms with Crippen molar-refractivity contribution >= 4 is 27.5 Å². The molecule has 0 saturated carbocycles. The molecule has 14 heteroatoms. The monoisotopic (exact) mass is 483 g/mol. The zero-order valence-corrected chi connectivity index (χ0v) is 19.0. The zero-order valence-electron chi connectivity index (χ0n) is 18.2. The van der Waals surface area contributed by atoms with Gasteiger partial charge in [0.15, 0.2) is 6.61 Å². The van der Waals surface area contributed by atoms with Gasteiger partial charge in [0.05, 0.1) is 23.7 Å². The Morgan fingerprint density at radius 3 is 2.27 bits per heavy atom. The first kappa shape index (κ1) is 25.5. The van der Waals surface area contributed by atoms with Crippen LogP contribution in [-0.4, -0.2) is 61.3 Å². The average Bonchev–Trinajstić information content (AvgIpc) is 2.71. The minimum absolute atomic E-state index is 0.0349. The molecule has 33 heavy (non-hydrogen) atoms. The van der Waals surface area contributed by atoms with Crippen molar-refractivity contribution in [1.29, 1.82) is 0 Å². The third kappa shape index (κ3) is 6.83. The second-order valence-electron chi connectivity index (χ2n) is 6.45. The van der Waals surface area contributed by atoms with Crippen LogP contribution in [0.5, 0.6) is 17.5 Å². The number of aryl methyl sites for hydroxylation is 1.